The van der Waals surface area contributed by atoms with Gasteiger partial charge >= 0.3 is 0 Å². The SMILES string of the molecule is CC(C)(C)[Si](C)(C)OC1[C@@H](F)[C@@H](F)C(O[Si](C)(C)C(C)(C)C)[C@@H](F)[C@H]1F. The molecule has 26 heavy (non-hydrogen) atoms. The van der Waals surface area contributed by atoms with Gasteiger partial charge in [-0.1, -0.05) is 41.5 Å². The number of halogens is 4. The molecule has 1 saturated carbocycles. The van der Waals surface area contributed by atoms with Crippen LogP contribution in [-0.4, -0.2) is 53.5 Å². The molecule has 1 fully saturated rings. The molecule has 156 valence electrons. The first-order valence-corrected chi connectivity index (χ1v) is 15.1. The smallest absolute Gasteiger partial charge is 0.192 e. The van der Waals surface area contributed by atoms with Crippen LogP contribution in [0.2, 0.25) is 36.3 Å². The maximum atomic E-state index is 14.8. The number of rotatable bonds is 4. The molecule has 0 heterocycles. The van der Waals surface area contributed by atoms with Crippen LogP contribution < -0.4 is 0 Å². The van der Waals surface area contributed by atoms with Crippen LogP contribution in [0.1, 0.15) is 41.5 Å². The van der Waals surface area contributed by atoms with Crippen molar-refractivity contribution in [3.63, 3.8) is 0 Å². The summed E-state index contributed by atoms with van der Waals surface area (Å²) in [5.41, 5.74) is 0. The Morgan fingerprint density at radius 3 is 0.885 bits per heavy atom. The van der Waals surface area contributed by atoms with Crippen molar-refractivity contribution in [3.8, 4) is 0 Å². The number of hydrogen-bond acceptors (Lipinski definition) is 2. The maximum Gasteiger partial charge on any atom is 0.192 e. The molecule has 0 aliphatic heterocycles. The van der Waals surface area contributed by atoms with E-state index in [4.69, 9.17) is 8.85 Å². The van der Waals surface area contributed by atoms with E-state index in [9.17, 15) is 17.6 Å². The molecular formula is C18H36F4O2Si2. The largest absolute Gasteiger partial charge is 0.408 e. The van der Waals surface area contributed by atoms with Crippen LogP contribution in [0.15, 0.2) is 0 Å². The van der Waals surface area contributed by atoms with Crippen molar-refractivity contribution in [1.29, 1.82) is 0 Å². The zero-order valence-electron chi connectivity index (χ0n) is 17.8. The van der Waals surface area contributed by atoms with E-state index in [1.54, 1.807) is 0 Å². The lowest BCUT2D eigenvalue weighted by Crippen LogP contribution is -2.64. The first kappa shape index (κ1) is 24.1. The molecule has 0 aromatic rings. The minimum atomic E-state index is -2.58. The van der Waals surface area contributed by atoms with E-state index in [0.717, 1.165) is 0 Å². The highest BCUT2D eigenvalue weighted by Gasteiger charge is 2.58. The third kappa shape index (κ3) is 4.73. The Hall–Kier alpha value is 0.0738. The van der Waals surface area contributed by atoms with Crippen molar-refractivity contribution in [3.05, 3.63) is 0 Å². The van der Waals surface area contributed by atoms with E-state index in [2.05, 4.69) is 0 Å². The molecule has 0 bridgehead atoms. The molecule has 6 atom stereocenters. The Morgan fingerprint density at radius 2 is 0.731 bits per heavy atom. The molecule has 0 amide bonds. The molecule has 0 aromatic heterocycles. The lowest BCUT2D eigenvalue weighted by molar-refractivity contribution is -0.137. The molecule has 0 radical (unpaired) electrons. The van der Waals surface area contributed by atoms with Crippen LogP contribution in [0.3, 0.4) is 0 Å². The Bertz CT molecular complexity index is 429. The van der Waals surface area contributed by atoms with Gasteiger partial charge in [-0.25, -0.2) is 17.6 Å². The summed E-state index contributed by atoms with van der Waals surface area (Å²) in [7, 11) is -5.16. The second-order valence-corrected chi connectivity index (χ2v) is 20.0. The summed E-state index contributed by atoms with van der Waals surface area (Å²) in [5.74, 6) is 0. The standard InChI is InChI=1S/C18H36F4O2Si2/c1-17(2,3)25(7,8)23-15-11(19)13(21)16(14(22)12(15)20)24-26(9,10)18(4,5)6/h11-16H,1-10H3/t11-,12+,13+,14-,15?,16?. The van der Waals surface area contributed by atoms with Gasteiger partial charge in [-0.15, -0.1) is 0 Å². The Labute approximate surface area is 158 Å². The van der Waals surface area contributed by atoms with Gasteiger partial charge in [0.15, 0.2) is 41.3 Å². The lowest BCUT2D eigenvalue weighted by atomic mass is 9.88. The molecule has 0 saturated heterocycles. The first-order valence-electron chi connectivity index (χ1n) is 9.25. The first-order chi connectivity index (χ1) is 11.3. The minimum absolute atomic E-state index is 0.321. The van der Waals surface area contributed by atoms with E-state index in [-0.39, 0.29) is 10.1 Å². The van der Waals surface area contributed by atoms with Crippen LogP contribution in [0.5, 0.6) is 0 Å². The van der Waals surface area contributed by atoms with Gasteiger partial charge in [-0.3, -0.25) is 0 Å². The van der Waals surface area contributed by atoms with Crippen molar-refractivity contribution in [2.24, 2.45) is 0 Å². The Morgan fingerprint density at radius 1 is 0.538 bits per heavy atom. The third-order valence-electron chi connectivity index (χ3n) is 6.34. The van der Waals surface area contributed by atoms with Crippen molar-refractivity contribution in [2.45, 2.75) is 115 Å². The van der Waals surface area contributed by atoms with Crippen LogP contribution >= 0.6 is 0 Å². The molecular weight excluding hydrogens is 380 g/mol. The summed E-state index contributed by atoms with van der Waals surface area (Å²) in [6, 6.07) is 0. The van der Waals surface area contributed by atoms with Crippen LogP contribution in [0, 0.1) is 0 Å². The van der Waals surface area contributed by atoms with Gasteiger partial charge < -0.3 is 8.85 Å². The molecule has 0 N–H and O–H groups in total. The molecule has 1 aliphatic rings. The molecule has 0 spiro atoms. The van der Waals surface area contributed by atoms with Crippen LogP contribution in [-0.2, 0) is 8.85 Å². The fourth-order valence-corrected chi connectivity index (χ4v) is 4.96. The van der Waals surface area contributed by atoms with Crippen molar-refractivity contribution >= 4 is 16.6 Å². The highest BCUT2D eigenvalue weighted by Crippen LogP contribution is 2.44. The molecule has 0 aromatic carbocycles. The number of alkyl halides is 4. The fourth-order valence-electron chi connectivity index (χ4n) is 2.37. The zero-order valence-corrected chi connectivity index (χ0v) is 19.8. The topological polar surface area (TPSA) is 18.5 Å². The van der Waals surface area contributed by atoms with E-state index in [1.807, 2.05) is 67.7 Å². The summed E-state index contributed by atoms with van der Waals surface area (Å²) in [5, 5.41) is -0.642. The van der Waals surface area contributed by atoms with Gasteiger partial charge in [0.25, 0.3) is 0 Å². The molecule has 2 nitrogen and oxygen atoms in total. The van der Waals surface area contributed by atoms with Gasteiger partial charge in [-0.2, -0.15) is 0 Å². The van der Waals surface area contributed by atoms with Gasteiger partial charge in [-0.05, 0) is 36.3 Å². The van der Waals surface area contributed by atoms with E-state index < -0.39 is 53.5 Å². The summed E-state index contributed by atoms with van der Waals surface area (Å²) in [6.07, 6.45) is -12.5. The van der Waals surface area contributed by atoms with E-state index >= 15 is 0 Å². The minimum Gasteiger partial charge on any atom is -0.408 e. The average molecular weight is 417 g/mol. The molecule has 8 heteroatoms. The molecule has 1 rings (SSSR count). The van der Waals surface area contributed by atoms with Crippen molar-refractivity contribution < 1.29 is 26.4 Å². The monoisotopic (exact) mass is 416 g/mol. The Balaban J connectivity index is 3.06. The molecule has 1 aliphatic carbocycles. The summed E-state index contributed by atoms with van der Waals surface area (Å²) < 4.78 is 70.5. The predicted molar refractivity (Wildman–Crippen MR) is 104 cm³/mol. The van der Waals surface area contributed by atoms with Gasteiger partial charge in [0, 0.05) is 0 Å². The third-order valence-corrected chi connectivity index (χ3v) is 15.3. The van der Waals surface area contributed by atoms with Crippen LogP contribution in [0.25, 0.3) is 0 Å². The second kappa shape index (κ2) is 7.48. The van der Waals surface area contributed by atoms with E-state index in [1.165, 1.54) is 0 Å². The van der Waals surface area contributed by atoms with Crippen molar-refractivity contribution in [1.82, 2.24) is 0 Å². The summed E-state index contributed by atoms with van der Waals surface area (Å²) in [6.45, 7) is 18.7. The maximum absolute atomic E-state index is 14.8. The van der Waals surface area contributed by atoms with Gasteiger partial charge in [0.05, 0.1) is 0 Å². The molecule has 2 unspecified atom stereocenters. The average Bonchev–Trinajstić information content (AvgIpc) is 2.43. The van der Waals surface area contributed by atoms with Gasteiger partial charge in [0.1, 0.15) is 12.2 Å². The summed E-state index contributed by atoms with van der Waals surface area (Å²) >= 11 is 0. The highest BCUT2D eigenvalue weighted by atomic mass is 28.4. The highest BCUT2D eigenvalue weighted by molar-refractivity contribution is 6.74. The second-order valence-electron chi connectivity index (χ2n) is 10.5. The normalized spacial score (nSPS) is 34.8. The fraction of sp³-hybridized carbons (Fsp3) is 1.00. The predicted octanol–water partition coefficient (Wildman–Crippen LogP) is 6.13. The van der Waals surface area contributed by atoms with Crippen LogP contribution in [0.4, 0.5) is 17.6 Å². The summed E-state index contributed by atoms with van der Waals surface area (Å²) in [4.78, 5) is 0. The Kier molecular flexibility index (Phi) is 6.94. The number of hydrogen-bond donors (Lipinski definition) is 0. The van der Waals surface area contributed by atoms with E-state index in [0.29, 0.717) is 0 Å². The quantitative estimate of drug-likeness (QED) is 0.405. The lowest BCUT2D eigenvalue weighted by Gasteiger charge is -2.48. The van der Waals surface area contributed by atoms with Crippen molar-refractivity contribution in [2.75, 3.05) is 0 Å². The zero-order chi connectivity index (χ0) is 20.9. The van der Waals surface area contributed by atoms with Gasteiger partial charge in [0.2, 0.25) is 0 Å².